The van der Waals surface area contributed by atoms with Crippen LogP contribution in [-0.4, -0.2) is 31.5 Å². The first-order valence-corrected chi connectivity index (χ1v) is 11.2. The summed E-state index contributed by atoms with van der Waals surface area (Å²) in [5, 5.41) is 5.37. The molecular weight excluding hydrogens is 430 g/mol. The van der Waals surface area contributed by atoms with Gasteiger partial charge in [-0.2, -0.15) is 0 Å². The predicted molar refractivity (Wildman–Crippen MR) is 131 cm³/mol. The molecule has 2 N–H and O–H groups in total. The van der Waals surface area contributed by atoms with Gasteiger partial charge in [0.1, 0.15) is 6.10 Å². The number of rotatable bonds is 4. The van der Waals surface area contributed by atoms with Crippen LogP contribution in [0.2, 0.25) is 0 Å². The van der Waals surface area contributed by atoms with E-state index >= 15 is 0 Å². The number of alkyl carbamates (subject to hydrolysis) is 1. The van der Waals surface area contributed by atoms with Crippen molar-refractivity contribution >= 4 is 29.3 Å². The molecule has 0 fully saturated rings. The summed E-state index contributed by atoms with van der Waals surface area (Å²) < 4.78 is 5.55. The molecule has 1 aliphatic rings. The second kappa shape index (κ2) is 10.2. The van der Waals surface area contributed by atoms with Crippen molar-refractivity contribution in [3.05, 3.63) is 95.1 Å². The molecule has 3 amide bonds. The van der Waals surface area contributed by atoms with Crippen LogP contribution < -0.4 is 15.5 Å². The number of hydrogen-bond acceptors (Lipinski definition) is 4. The summed E-state index contributed by atoms with van der Waals surface area (Å²) in [6, 6.07) is 21.8. The van der Waals surface area contributed by atoms with Crippen molar-refractivity contribution in [2.75, 3.05) is 23.8 Å². The Labute approximate surface area is 198 Å². The molecule has 3 aromatic rings. The van der Waals surface area contributed by atoms with Crippen molar-refractivity contribution in [3.8, 4) is 0 Å². The van der Waals surface area contributed by atoms with Gasteiger partial charge in [0.25, 0.3) is 11.8 Å². The monoisotopic (exact) mass is 457 g/mol. The molecule has 1 unspecified atom stereocenters. The number of para-hydroxylation sites is 1. The third-order valence-corrected chi connectivity index (χ3v) is 5.90. The molecular formula is C27H27N3O4. The van der Waals surface area contributed by atoms with E-state index in [9.17, 15) is 14.4 Å². The Hall–Kier alpha value is -4.13. The molecule has 7 nitrogen and oxygen atoms in total. The summed E-state index contributed by atoms with van der Waals surface area (Å²) in [5.41, 5.74) is 4.16. The van der Waals surface area contributed by atoms with E-state index < -0.39 is 12.2 Å². The van der Waals surface area contributed by atoms with Crippen LogP contribution in [0.1, 0.15) is 50.8 Å². The molecule has 0 aliphatic carbocycles. The molecule has 0 aromatic heterocycles. The molecule has 34 heavy (non-hydrogen) atoms. The highest BCUT2D eigenvalue weighted by atomic mass is 16.6. The van der Waals surface area contributed by atoms with Crippen molar-refractivity contribution in [2.45, 2.75) is 25.9 Å². The molecule has 174 valence electrons. The maximum atomic E-state index is 13.4. The average Bonchev–Trinajstić information content (AvgIpc) is 3.04. The van der Waals surface area contributed by atoms with Gasteiger partial charge in [-0.15, -0.1) is 0 Å². The quantitative estimate of drug-likeness (QED) is 0.572. The summed E-state index contributed by atoms with van der Waals surface area (Å²) in [4.78, 5) is 39.5. The van der Waals surface area contributed by atoms with Crippen LogP contribution in [0.3, 0.4) is 0 Å². The Kier molecular flexibility index (Phi) is 6.92. The molecule has 0 saturated carbocycles. The zero-order chi connectivity index (χ0) is 24.1. The standard InChI is InChI=1S/C27H27N3O4/c1-18-8-3-4-9-21(18)25(31)29-20-15-13-19(14-16-20)26(32)30-17-7-12-24(34-27(33)28-2)22-10-5-6-11-23(22)30/h3-6,8-11,13-16,24H,7,12,17H2,1-2H3,(H,28,33)(H,29,31). The maximum Gasteiger partial charge on any atom is 0.407 e. The van der Waals surface area contributed by atoms with E-state index in [1.54, 1.807) is 35.2 Å². The molecule has 3 aromatic carbocycles. The summed E-state index contributed by atoms with van der Waals surface area (Å²) in [5.74, 6) is -0.342. The number of carbonyl (C=O) groups is 3. The average molecular weight is 458 g/mol. The lowest BCUT2D eigenvalue weighted by Gasteiger charge is -2.24. The van der Waals surface area contributed by atoms with Crippen molar-refractivity contribution in [2.24, 2.45) is 0 Å². The number of amides is 3. The van der Waals surface area contributed by atoms with Crippen LogP contribution in [-0.2, 0) is 4.74 Å². The van der Waals surface area contributed by atoms with Crippen molar-refractivity contribution in [3.63, 3.8) is 0 Å². The van der Waals surface area contributed by atoms with Gasteiger partial charge in [0.15, 0.2) is 0 Å². The number of nitrogens with zero attached hydrogens (tertiary/aromatic N) is 1. The van der Waals surface area contributed by atoms with Crippen LogP contribution in [0.25, 0.3) is 0 Å². The van der Waals surface area contributed by atoms with E-state index in [0.29, 0.717) is 36.2 Å². The number of carbonyl (C=O) groups excluding carboxylic acids is 3. The Morgan fingerprint density at radius 3 is 2.38 bits per heavy atom. The largest absolute Gasteiger partial charge is 0.441 e. The minimum atomic E-state index is -0.497. The molecule has 1 heterocycles. The fourth-order valence-corrected chi connectivity index (χ4v) is 4.12. The highest BCUT2D eigenvalue weighted by molar-refractivity contribution is 6.08. The summed E-state index contributed by atoms with van der Waals surface area (Å²) in [6.45, 7) is 2.40. The van der Waals surface area contributed by atoms with E-state index in [4.69, 9.17) is 4.74 Å². The van der Waals surface area contributed by atoms with Gasteiger partial charge in [0, 0.05) is 36.0 Å². The number of aryl methyl sites for hydroxylation is 1. The summed E-state index contributed by atoms with van der Waals surface area (Å²) in [6.07, 6.45) is 0.390. The Morgan fingerprint density at radius 1 is 0.941 bits per heavy atom. The first-order valence-electron chi connectivity index (χ1n) is 11.2. The van der Waals surface area contributed by atoms with Crippen LogP contribution in [0.5, 0.6) is 0 Å². The van der Waals surface area contributed by atoms with Gasteiger partial charge in [0.05, 0.1) is 5.69 Å². The number of ether oxygens (including phenoxy) is 1. The van der Waals surface area contributed by atoms with Crippen molar-refractivity contribution in [1.82, 2.24) is 5.32 Å². The summed E-state index contributed by atoms with van der Waals surface area (Å²) >= 11 is 0. The third-order valence-electron chi connectivity index (χ3n) is 5.90. The number of fused-ring (bicyclic) bond motifs is 1. The van der Waals surface area contributed by atoms with Crippen LogP contribution in [0.4, 0.5) is 16.2 Å². The van der Waals surface area contributed by atoms with Gasteiger partial charge < -0.3 is 20.3 Å². The van der Waals surface area contributed by atoms with Crippen LogP contribution in [0, 0.1) is 6.92 Å². The minimum absolute atomic E-state index is 0.148. The van der Waals surface area contributed by atoms with Gasteiger partial charge >= 0.3 is 6.09 Å². The Morgan fingerprint density at radius 2 is 1.65 bits per heavy atom. The highest BCUT2D eigenvalue weighted by Crippen LogP contribution is 2.36. The zero-order valence-corrected chi connectivity index (χ0v) is 19.2. The van der Waals surface area contributed by atoms with E-state index in [2.05, 4.69) is 10.6 Å². The number of nitrogens with one attached hydrogen (secondary N) is 2. The van der Waals surface area contributed by atoms with Crippen molar-refractivity contribution < 1.29 is 19.1 Å². The lowest BCUT2D eigenvalue weighted by atomic mass is 10.0. The molecule has 7 heteroatoms. The lowest BCUT2D eigenvalue weighted by molar-refractivity contribution is 0.0942. The van der Waals surface area contributed by atoms with Crippen LogP contribution in [0.15, 0.2) is 72.8 Å². The first kappa shape index (κ1) is 23.0. The van der Waals surface area contributed by atoms with E-state index in [1.165, 1.54) is 7.05 Å². The molecule has 0 spiro atoms. The maximum absolute atomic E-state index is 13.4. The lowest BCUT2D eigenvalue weighted by Crippen LogP contribution is -2.31. The SMILES string of the molecule is CNC(=O)OC1CCCN(C(=O)c2ccc(NC(=O)c3ccccc3C)cc2)c2ccccc21. The smallest absolute Gasteiger partial charge is 0.407 e. The molecule has 4 rings (SSSR count). The van der Waals surface area contributed by atoms with E-state index in [-0.39, 0.29) is 11.8 Å². The Bertz CT molecular complexity index is 1210. The van der Waals surface area contributed by atoms with Gasteiger partial charge in [-0.25, -0.2) is 4.79 Å². The van der Waals surface area contributed by atoms with Crippen LogP contribution >= 0.6 is 0 Å². The highest BCUT2D eigenvalue weighted by Gasteiger charge is 2.29. The van der Waals surface area contributed by atoms with Gasteiger partial charge in [-0.3, -0.25) is 9.59 Å². The van der Waals surface area contributed by atoms with E-state index in [0.717, 1.165) is 16.8 Å². The summed E-state index contributed by atoms with van der Waals surface area (Å²) in [7, 11) is 1.52. The zero-order valence-electron chi connectivity index (χ0n) is 19.2. The van der Waals surface area contributed by atoms with Gasteiger partial charge in [-0.1, -0.05) is 36.4 Å². The molecule has 0 radical (unpaired) electrons. The molecule has 1 aliphatic heterocycles. The number of benzene rings is 3. The fourth-order valence-electron chi connectivity index (χ4n) is 4.12. The predicted octanol–water partition coefficient (Wildman–Crippen LogP) is 5.09. The molecule has 0 saturated heterocycles. The molecule has 1 atom stereocenters. The first-order chi connectivity index (χ1) is 16.5. The third kappa shape index (κ3) is 4.93. The Balaban J connectivity index is 1.53. The second-order valence-corrected chi connectivity index (χ2v) is 8.15. The van der Waals surface area contributed by atoms with Gasteiger partial charge in [0.2, 0.25) is 0 Å². The molecule has 0 bridgehead atoms. The normalized spacial score (nSPS) is 15.0. The number of anilines is 2. The number of hydrogen-bond donors (Lipinski definition) is 2. The van der Waals surface area contributed by atoms with E-state index in [1.807, 2.05) is 49.4 Å². The minimum Gasteiger partial charge on any atom is -0.441 e. The second-order valence-electron chi connectivity index (χ2n) is 8.15. The van der Waals surface area contributed by atoms with Crippen molar-refractivity contribution in [1.29, 1.82) is 0 Å². The topological polar surface area (TPSA) is 87.7 Å². The fraction of sp³-hybridized carbons (Fsp3) is 0.222. The van der Waals surface area contributed by atoms with Gasteiger partial charge in [-0.05, 0) is 61.7 Å².